The molecule has 0 saturated carbocycles. The second-order valence-electron chi connectivity index (χ2n) is 3.89. The Kier molecular flexibility index (Phi) is 5.29. The lowest BCUT2D eigenvalue weighted by Gasteiger charge is -2.13. The standard InChI is InChI=1S/C15H18O2/c1-4-7-14(6-3)17-15(16)13-10-8-12(5-2)9-11-13/h1,8-11,14H,5-7H2,2-3H3. The van der Waals surface area contributed by atoms with Crippen LogP contribution in [0.4, 0.5) is 0 Å². The molecule has 17 heavy (non-hydrogen) atoms. The smallest absolute Gasteiger partial charge is 0.338 e. The topological polar surface area (TPSA) is 26.3 Å². The molecule has 2 nitrogen and oxygen atoms in total. The summed E-state index contributed by atoms with van der Waals surface area (Å²) in [6.07, 6.45) is 7.20. The number of benzene rings is 1. The maximum atomic E-state index is 11.8. The predicted octanol–water partition coefficient (Wildman–Crippen LogP) is 3.21. The Hall–Kier alpha value is -1.75. The van der Waals surface area contributed by atoms with Gasteiger partial charge in [0, 0.05) is 6.42 Å². The molecule has 0 aliphatic rings. The number of carbonyl (C=O) groups is 1. The van der Waals surface area contributed by atoms with Gasteiger partial charge in [-0.25, -0.2) is 4.79 Å². The van der Waals surface area contributed by atoms with E-state index in [0.717, 1.165) is 12.8 Å². The van der Waals surface area contributed by atoms with Crippen LogP contribution in [0.5, 0.6) is 0 Å². The van der Waals surface area contributed by atoms with Gasteiger partial charge in [-0.05, 0) is 30.5 Å². The van der Waals surface area contributed by atoms with Crippen LogP contribution >= 0.6 is 0 Å². The summed E-state index contributed by atoms with van der Waals surface area (Å²) in [6.45, 7) is 4.03. The summed E-state index contributed by atoms with van der Waals surface area (Å²) in [4.78, 5) is 11.8. The predicted molar refractivity (Wildman–Crippen MR) is 68.8 cm³/mol. The third kappa shape index (κ3) is 3.96. The van der Waals surface area contributed by atoms with Crippen molar-refractivity contribution in [2.24, 2.45) is 0 Å². The van der Waals surface area contributed by atoms with Gasteiger partial charge in [0.1, 0.15) is 6.10 Å². The van der Waals surface area contributed by atoms with Crippen molar-refractivity contribution in [2.75, 3.05) is 0 Å². The van der Waals surface area contributed by atoms with E-state index >= 15 is 0 Å². The molecular weight excluding hydrogens is 212 g/mol. The van der Waals surface area contributed by atoms with Crippen molar-refractivity contribution in [3.05, 3.63) is 35.4 Å². The Labute approximate surface area is 103 Å². The zero-order chi connectivity index (χ0) is 12.7. The molecule has 0 fully saturated rings. The van der Waals surface area contributed by atoms with Gasteiger partial charge in [0.15, 0.2) is 0 Å². The first kappa shape index (κ1) is 13.3. The van der Waals surface area contributed by atoms with Crippen LogP contribution in [0.15, 0.2) is 24.3 Å². The van der Waals surface area contributed by atoms with Gasteiger partial charge in [-0.2, -0.15) is 0 Å². The van der Waals surface area contributed by atoms with Crippen molar-refractivity contribution >= 4 is 5.97 Å². The highest BCUT2D eigenvalue weighted by atomic mass is 16.5. The summed E-state index contributed by atoms with van der Waals surface area (Å²) in [6, 6.07) is 7.48. The van der Waals surface area contributed by atoms with Crippen LogP contribution in [-0.4, -0.2) is 12.1 Å². The fourth-order valence-electron chi connectivity index (χ4n) is 1.50. The molecule has 0 N–H and O–H groups in total. The van der Waals surface area contributed by atoms with E-state index in [2.05, 4.69) is 12.8 Å². The fraction of sp³-hybridized carbons (Fsp3) is 0.400. The monoisotopic (exact) mass is 230 g/mol. The molecule has 0 saturated heterocycles. The number of hydrogen-bond acceptors (Lipinski definition) is 2. The average Bonchev–Trinajstić information content (AvgIpc) is 2.38. The highest BCUT2D eigenvalue weighted by Gasteiger charge is 2.13. The first-order valence-electron chi connectivity index (χ1n) is 5.94. The van der Waals surface area contributed by atoms with Crippen LogP contribution in [0.3, 0.4) is 0 Å². The lowest BCUT2D eigenvalue weighted by atomic mass is 10.1. The lowest BCUT2D eigenvalue weighted by Crippen LogP contribution is -2.17. The van der Waals surface area contributed by atoms with E-state index in [0.29, 0.717) is 12.0 Å². The molecule has 1 aromatic rings. The van der Waals surface area contributed by atoms with Crippen LogP contribution < -0.4 is 0 Å². The van der Waals surface area contributed by atoms with E-state index in [-0.39, 0.29) is 12.1 Å². The Morgan fingerprint density at radius 2 is 2.00 bits per heavy atom. The Balaban J connectivity index is 2.65. The van der Waals surface area contributed by atoms with Crippen LogP contribution in [0.1, 0.15) is 42.6 Å². The minimum absolute atomic E-state index is 0.182. The maximum absolute atomic E-state index is 11.8. The molecule has 0 amide bonds. The van der Waals surface area contributed by atoms with Gasteiger partial charge >= 0.3 is 5.97 Å². The van der Waals surface area contributed by atoms with Crippen molar-refractivity contribution in [2.45, 2.75) is 39.2 Å². The second kappa shape index (κ2) is 6.75. The first-order chi connectivity index (χ1) is 8.21. The van der Waals surface area contributed by atoms with Crippen molar-refractivity contribution in [1.29, 1.82) is 0 Å². The van der Waals surface area contributed by atoms with Gasteiger partial charge in [0.2, 0.25) is 0 Å². The number of ether oxygens (including phenoxy) is 1. The zero-order valence-corrected chi connectivity index (χ0v) is 10.4. The number of carbonyl (C=O) groups excluding carboxylic acids is 1. The molecule has 1 rings (SSSR count). The van der Waals surface area contributed by atoms with E-state index in [1.54, 1.807) is 12.1 Å². The molecule has 1 aromatic carbocycles. The molecule has 90 valence electrons. The minimum atomic E-state index is -0.297. The summed E-state index contributed by atoms with van der Waals surface area (Å²) in [5, 5.41) is 0. The molecular formula is C15H18O2. The van der Waals surface area contributed by atoms with E-state index in [1.807, 2.05) is 19.1 Å². The Morgan fingerprint density at radius 3 is 2.47 bits per heavy atom. The molecule has 0 heterocycles. The molecule has 0 bridgehead atoms. The van der Waals surface area contributed by atoms with Gasteiger partial charge in [-0.15, -0.1) is 12.3 Å². The van der Waals surface area contributed by atoms with Gasteiger partial charge in [-0.3, -0.25) is 0 Å². The summed E-state index contributed by atoms with van der Waals surface area (Å²) in [5.74, 6) is 2.22. The quantitative estimate of drug-likeness (QED) is 0.573. The van der Waals surface area contributed by atoms with Crippen molar-refractivity contribution < 1.29 is 9.53 Å². The highest BCUT2D eigenvalue weighted by molar-refractivity contribution is 5.89. The van der Waals surface area contributed by atoms with E-state index in [4.69, 9.17) is 11.2 Å². The third-order valence-electron chi connectivity index (χ3n) is 2.67. The minimum Gasteiger partial charge on any atom is -0.458 e. The highest BCUT2D eigenvalue weighted by Crippen LogP contribution is 2.10. The van der Waals surface area contributed by atoms with E-state index < -0.39 is 0 Å². The molecule has 0 aromatic heterocycles. The SMILES string of the molecule is C#CCC(CC)OC(=O)c1ccc(CC)cc1. The molecule has 1 unspecified atom stereocenters. The lowest BCUT2D eigenvalue weighted by molar-refractivity contribution is 0.0304. The van der Waals surface area contributed by atoms with Crippen molar-refractivity contribution in [3.63, 3.8) is 0 Å². The molecule has 0 aliphatic heterocycles. The summed E-state index contributed by atoms with van der Waals surface area (Å²) < 4.78 is 5.32. The Morgan fingerprint density at radius 1 is 1.35 bits per heavy atom. The molecule has 0 aliphatic carbocycles. The van der Waals surface area contributed by atoms with Gasteiger partial charge in [0.05, 0.1) is 5.56 Å². The maximum Gasteiger partial charge on any atom is 0.338 e. The van der Waals surface area contributed by atoms with Gasteiger partial charge < -0.3 is 4.74 Å². The third-order valence-corrected chi connectivity index (χ3v) is 2.67. The number of esters is 1. The Bertz CT molecular complexity index is 398. The van der Waals surface area contributed by atoms with Crippen LogP contribution in [0.25, 0.3) is 0 Å². The normalized spacial score (nSPS) is 11.6. The zero-order valence-electron chi connectivity index (χ0n) is 10.4. The largest absolute Gasteiger partial charge is 0.458 e. The van der Waals surface area contributed by atoms with Crippen LogP contribution in [0.2, 0.25) is 0 Å². The van der Waals surface area contributed by atoms with Crippen LogP contribution in [0, 0.1) is 12.3 Å². The van der Waals surface area contributed by atoms with Crippen LogP contribution in [-0.2, 0) is 11.2 Å². The average molecular weight is 230 g/mol. The van der Waals surface area contributed by atoms with Crippen molar-refractivity contribution in [3.8, 4) is 12.3 Å². The second-order valence-corrected chi connectivity index (χ2v) is 3.89. The summed E-state index contributed by atoms with van der Waals surface area (Å²) in [5.41, 5.74) is 1.79. The summed E-state index contributed by atoms with van der Waals surface area (Å²) >= 11 is 0. The fourth-order valence-corrected chi connectivity index (χ4v) is 1.50. The number of aryl methyl sites for hydroxylation is 1. The summed E-state index contributed by atoms with van der Waals surface area (Å²) in [7, 11) is 0. The van der Waals surface area contributed by atoms with E-state index in [9.17, 15) is 4.79 Å². The van der Waals surface area contributed by atoms with Gasteiger partial charge in [-0.1, -0.05) is 26.0 Å². The van der Waals surface area contributed by atoms with Crippen molar-refractivity contribution in [1.82, 2.24) is 0 Å². The molecule has 0 spiro atoms. The number of rotatable bonds is 5. The van der Waals surface area contributed by atoms with E-state index in [1.165, 1.54) is 5.56 Å². The molecule has 1 atom stereocenters. The number of terminal acetylenes is 1. The molecule has 2 heteroatoms. The number of hydrogen-bond donors (Lipinski definition) is 0. The first-order valence-corrected chi connectivity index (χ1v) is 5.94. The molecule has 0 radical (unpaired) electrons. The van der Waals surface area contributed by atoms with Gasteiger partial charge in [0.25, 0.3) is 0 Å².